The Bertz CT molecular complexity index is 342. The molecule has 1 fully saturated rings. The van der Waals surface area contributed by atoms with Gasteiger partial charge >= 0.3 is 0 Å². The van der Waals surface area contributed by atoms with Crippen LogP contribution in [0.2, 0.25) is 5.02 Å². The minimum atomic E-state index is 0.423. The molecule has 0 bridgehead atoms. The van der Waals surface area contributed by atoms with E-state index in [9.17, 15) is 4.79 Å². The first-order valence-corrected chi connectivity index (χ1v) is 5.90. The lowest BCUT2D eigenvalue weighted by atomic mass is 9.92. The molecule has 1 aromatic carbocycles. The number of Topliss-reactive ketones (excluding diaryl/α,β-unsaturated/α-hetero) is 1. The van der Waals surface area contributed by atoms with Crippen LogP contribution in [-0.2, 0) is 4.79 Å². The quantitative estimate of drug-likeness (QED) is 0.658. The standard InChI is InChI=1S/C13H15ClO/c14-12-7-4-11(5-8-12)10-2-1-3-13(15)9-6-10/h4-5,7-8,10H,1-3,6,9H2. The molecule has 1 aliphatic rings. The highest BCUT2D eigenvalue weighted by Crippen LogP contribution is 2.30. The summed E-state index contributed by atoms with van der Waals surface area (Å²) in [6, 6.07) is 8.04. The molecule has 2 rings (SSSR count). The highest BCUT2D eigenvalue weighted by molar-refractivity contribution is 6.30. The lowest BCUT2D eigenvalue weighted by Gasteiger charge is -2.13. The van der Waals surface area contributed by atoms with Crippen molar-refractivity contribution in [1.29, 1.82) is 0 Å². The minimum absolute atomic E-state index is 0.423. The fourth-order valence-electron chi connectivity index (χ4n) is 2.22. The number of carbonyl (C=O) groups excluding carboxylic acids is 1. The van der Waals surface area contributed by atoms with E-state index in [2.05, 4.69) is 12.1 Å². The molecule has 1 aliphatic carbocycles. The summed E-state index contributed by atoms with van der Waals surface area (Å²) in [5.74, 6) is 0.972. The normalized spacial score (nSPS) is 22.5. The van der Waals surface area contributed by atoms with E-state index in [0.29, 0.717) is 11.7 Å². The van der Waals surface area contributed by atoms with Crippen molar-refractivity contribution < 1.29 is 4.79 Å². The molecule has 1 atom stereocenters. The van der Waals surface area contributed by atoms with E-state index in [0.717, 1.165) is 37.1 Å². The number of hydrogen-bond donors (Lipinski definition) is 0. The third kappa shape index (κ3) is 2.82. The van der Waals surface area contributed by atoms with E-state index >= 15 is 0 Å². The van der Waals surface area contributed by atoms with Crippen molar-refractivity contribution in [2.75, 3.05) is 0 Å². The summed E-state index contributed by atoms with van der Waals surface area (Å²) in [6.07, 6.45) is 4.68. The predicted octanol–water partition coefficient (Wildman–Crippen LogP) is 3.96. The highest BCUT2D eigenvalue weighted by atomic mass is 35.5. The first-order valence-electron chi connectivity index (χ1n) is 5.53. The monoisotopic (exact) mass is 222 g/mol. The van der Waals surface area contributed by atoms with Crippen molar-refractivity contribution in [2.24, 2.45) is 0 Å². The maximum atomic E-state index is 11.3. The number of ketones is 1. The zero-order valence-corrected chi connectivity index (χ0v) is 9.46. The number of carbonyl (C=O) groups is 1. The third-order valence-corrected chi connectivity index (χ3v) is 3.37. The molecule has 15 heavy (non-hydrogen) atoms. The smallest absolute Gasteiger partial charge is 0.132 e. The first-order chi connectivity index (χ1) is 7.25. The summed E-state index contributed by atoms with van der Waals surface area (Å²) in [6.45, 7) is 0. The third-order valence-electron chi connectivity index (χ3n) is 3.12. The van der Waals surface area contributed by atoms with Crippen LogP contribution in [-0.4, -0.2) is 5.78 Å². The number of rotatable bonds is 1. The minimum Gasteiger partial charge on any atom is -0.300 e. The molecule has 1 saturated carbocycles. The van der Waals surface area contributed by atoms with Gasteiger partial charge in [-0.3, -0.25) is 4.79 Å². The van der Waals surface area contributed by atoms with Gasteiger partial charge in [0.05, 0.1) is 0 Å². The Balaban J connectivity index is 2.09. The molecular weight excluding hydrogens is 208 g/mol. The van der Waals surface area contributed by atoms with Gasteiger partial charge in [-0.05, 0) is 42.9 Å². The zero-order chi connectivity index (χ0) is 10.7. The Morgan fingerprint density at radius 2 is 1.80 bits per heavy atom. The molecule has 0 heterocycles. The van der Waals surface area contributed by atoms with E-state index in [-0.39, 0.29) is 0 Å². The number of benzene rings is 1. The van der Waals surface area contributed by atoms with Gasteiger partial charge in [-0.25, -0.2) is 0 Å². The number of halogens is 1. The molecule has 80 valence electrons. The van der Waals surface area contributed by atoms with E-state index in [4.69, 9.17) is 11.6 Å². The van der Waals surface area contributed by atoms with Gasteiger partial charge in [0.15, 0.2) is 0 Å². The van der Waals surface area contributed by atoms with E-state index < -0.39 is 0 Å². The van der Waals surface area contributed by atoms with Crippen LogP contribution in [0.4, 0.5) is 0 Å². The second-order valence-electron chi connectivity index (χ2n) is 4.22. The first kappa shape index (κ1) is 10.7. The summed E-state index contributed by atoms with van der Waals surface area (Å²) in [5, 5.41) is 0.781. The van der Waals surface area contributed by atoms with E-state index in [1.54, 1.807) is 0 Å². The van der Waals surface area contributed by atoms with Crippen LogP contribution < -0.4 is 0 Å². The fourth-order valence-corrected chi connectivity index (χ4v) is 2.34. The van der Waals surface area contributed by atoms with Crippen LogP contribution in [0.5, 0.6) is 0 Å². The predicted molar refractivity (Wildman–Crippen MR) is 62.3 cm³/mol. The van der Waals surface area contributed by atoms with Crippen molar-refractivity contribution in [3.63, 3.8) is 0 Å². The molecule has 0 saturated heterocycles. The largest absolute Gasteiger partial charge is 0.300 e. The summed E-state index contributed by atoms with van der Waals surface area (Å²) < 4.78 is 0. The maximum Gasteiger partial charge on any atom is 0.132 e. The SMILES string of the molecule is O=C1CCCC(c2ccc(Cl)cc2)CC1. The second-order valence-corrected chi connectivity index (χ2v) is 4.65. The van der Waals surface area contributed by atoms with Crippen LogP contribution >= 0.6 is 11.6 Å². The van der Waals surface area contributed by atoms with Gasteiger partial charge in [0.25, 0.3) is 0 Å². The van der Waals surface area contributed by atoms with Gasteiger partial charge < -0.3 is 0 Å². The topological polar surface area (TPSA) is 17.1 Å². The molecule has 0 N–H and O–H groups in total. The van der Waals surface area contributed by atoms with Crippen molar-refractivity contribution in [3.05, 3.63) is 34.9 Å². The van der Waals surface area contributed by atoms with Crippen LogP contribution in [0.1, 0.15) is 43.6 Å². The Labute approximate surface area is 95.4 Å². The Hall–Kier alpha value is -0.820. The van der Waals surface area contributed by atoms with Gasteiger partial charge in [0, 0.05) is 17.9 Å². The van der Waals surface area contributed by atoms with Gasteiger partial charge in [0.2, 0.25) is 0 Å². The molecule has 2 heteroatoms. The van der Waals surface area contributed by atoms with Crippen molar-refractivity contribution in [2.45, 2.75) is 38.0 Å². The number of hydrogen-bond acceptors (Lipinski definition) is 1. The molecule has 1 unspecified atom stereocenters. The van der Waals surface area contributed by atoms with Crippen molar-refractivity contribution >= 4 is 17.4 Å². The van der Waals surface area contributed by atoms with Gasteiger partial charge in [-0.1, -0.05) is 23.7 Å². The maximum absolute atomic E-state index is 11.3. The van der Waals surface area contributed by atoms with Crippen LogP contribution in [0, 0.1) is 0 Å². The van der Waals surface area contributed by atoms with Crippen molar-refractivity contribution in [3.8, 4) is 0 Å². The summed E-state index contributed by atoms with van der Waals surface area (Å²) in [4.78, 5) is 11.3. The van der Waals surface area contributed by atoms with E-state index in [1.807, 2.05) is 12.1 Å². The summed E-state index contributed by atoms with van der Waals surface area (Å²) in [5.41, 5.74) is 1.33. The average Bonchev–Trinajstić information content (AvgIpc) is 2.44. The van der Waals surface area contributed by atoms with Gasteiger partial charge in [0.1, 0.15) is 5.78 Å². The molecule has 0 aliphatic heterocycles. The lowest BCUT2D eigenvalue weighted by Crippen LogP contribution is -1.97. The highest BCUT2D eigenvalue weighted by Gasteiger charge is 2.17. The molecular formula is C13H15ClO. The molecule has 0 radical (unpaired) electrons. The molecule has 0 amide bonds. The Morgan fingerprint density at radius 1 is 1.07 bits per heavy atom. The Morgan fingerprint density at radius 3 is 2.53 bits per heavy atom. The van der Waals surface area contributed by atoms with Gasteiger partial charge in [-0.15, -0.1) is 0 Å². The van der Waals surface area contributed by atoms with Crippen molar-refractivity contribution in [1.82, 2.24) is 0 Å². The molecule has 1 nitrogen and oxygen atoms in total. The average molecular weight is 223 g/mol. The molecule has 0 aromatic heterocycles. The van der Waals surface area contributed by atoms with Crippen LogP contribution in [0.15, 0.2) is 24.3 Å². The molecule has 0 spiro atoms. The fraction of sp³-hybridized carbons (Fsp3) is 0.462. The van der Waals surface area contributed by atoms with Crippen LogP contribution in [0.25, 0.3) is 0 Å². The van der Waals surface area contributed by atoms with E-state index in [1.165, 1.54) is 5.56 Å². The molecule has 1 aromatic rings. The van der Waals surface area contributed by atoms with Crippen LogP contribution in [0.3, 0.4) is 0 Å². The van der Waals surface area contributed by atoms with Gasteiger partial charge in [-0.2, -0.15) is 0 Å². The lowest BCUT2D eigenvalue weighted by molar-refractivity contribution is -0.118. The Kier molecular flexibility index (Phi) is 3.42. The summed E-state index contributed by atoms with van der Waals surface area (Å²) >= 11 is 5.85. The zero-order valence-electron chi connectivity index (χ0n) is 8.71. The summed E-state index contributed by atoms with van der Waals surface area (Å²) in [7, 11) is 0. The second kappa shape index (κ2) is 4.80.